The van der Waals surface area contributed by atoms with Crippen molar-refractivity contribution < 1.29 is 5.11 Å². The number of aryl methyl sites for hydroxylation is 2. The van der Waals surface area contributed by atoms with Crippen LogP contribution in [0.3, 0.4) is 0 Å². The molecule has 0 spiro atoms. The third kappa shape index (κ3) is 1.60. The van der Waals surface area contributed by atoms with Crippen LogP contribution >= 0.6 is 0 Å². The van der Waals surface area contributed by atoms with Crippen molar-refractivity contribution in [2.45, 2.75) is 59.8 Å². The molecule has 1 aromatic carbocycles. The molecule has 2 fully saturated rings. The molecule has 1 N–H and O–H groups in total. The molecule has 0 saturated heterocycles. The van der Waals surface area contributed by atoms with Gasteiger partial charge in [0.1, 0.15) is 5.75 Å². The van der Waals surface area contributed by atoms with E-state index in [0.717, 1.165) is 11.5 Å². The van der Waals surface area contributed by atoms with Gasteiger partial charge in [-0.25, -0.2) is 0 Å². The smallest absolute Gasteiger partial charge is 0.121 e. The minimum Gasteiger partial charge on any atom is -0.507 e. The van der Waals surface area contributed by atoms with E-state index < -0.39 is 0 Å². The number of rotatable bonds is 1. The van der Waals surface area contributed by atoms with Crippen LogP contribution in [-0.4, -0.2) is 5.11 Å². The summed E-state index contributed by atoms with van der Waals surface area (Å²) in [6.45, 7) is 11.5. The Morgan fingerprint density at radius 3 is 2.37 bits per heavy atom. The predicted octanol–water partition coefficient (Wildman–Crippen LogP) is 4.94. The van der Waals surface area contributed by atoms with Gasteiger partial charge in [-0.3, -0.25) is 0 Å². The van der Waals surface area contributed by atoms with Crippen LogP contribution in [0.15, 0.2) is 12.1 Å². The van der Waals surface area contributed by atoms with Gasteiger partial charge in [-0.1, -0.05) is 38.5 Å². The Hall–Kier alpha value is -0.980. The Kier molecular flexibility index (Phi) is 2.59. The van der Waals surface area contributed by atoms with Crippen molar-refractivity contribution in [1.82, 2.24) is 0 Å². The molecule has 0 amide bonds. The fourth-order valence-corrected chi connectivity index (χ4v) is 4.90. The molecule has 1 nitrogen and oxygen atoms in total. The normalized spacial score (nSPS) is 35.8. The highest BCUT2D eigenvalue weighted by Crippen LogP contribution is 2.70. The van der Waals surface area contributed by atoms with E-state index in [0.29, 0.717) is 22.5 Å². The van der Waals surface area contributed by atoms with Gasteiger partial charge in [0.2, 0.25) is 0 Å². The Bertz CT molecular complexity index is 526. The van der Waals surface area contributed by atoms with E-state index in [1.54, 1.807) is 0 Å². The Morgan fingerprint density at radius 1 is 1.16 bits per heavy atom. The molecule has 1 aromatic rings. The van der Waals surface area contributed by atoms with E-state index in [1.165, 1.54) is 30.4 Å². The van der Waals surface area contributed by atoms with E-state index >= 15 is 0 Å². The first-order valence-corrected chi connectivity index (χ1v) is 7.56. The number of phenolic OH excluding ortho intramolecular Hbond substituents is 1. The number of aromatic hydroxyl groups is 1. The number of hydrogen-bond acceptors (Lipinski definition) is 1. The van der Waals surface area contributed by atoms with Crippen molar-refractivity contribution in [2.75, 3.05) is 0 Å². The molecule has 2 saturated carbocycles. The van der Waals surface area contributed by atoms with Gasteiger partial charge in [0.25, 0.3) is 0 Å². The maximum absolute atomic E-state index is 10.5. The highest BCUT2D eigenvalue weighted by Gasteiger charge is 2.60. The maximum Gasteiger partial charge on any atom is 0.121 e. The maximum atomic E-state index is 10.5. The van der Waals surface area contributed by atoms with Crippen LogP contribution in [-0.2, 0) is 0 Å². The van der Waals surface area contributed by atoms with E-state index in [4.69, 9.17) is 0 Å². The molecule has 3 atom stereocenters. The van der Waals surface area contributed by atoms with Crippen molar-refractivity contribution in [3.8, 4) is 5.75 Å². The topological polar surface area (TPSA) is 20.2 Å². The average Bonchev–Trinajstić information content (AvgIpc) is 2.65. The van der Waals surface area contributed by atoms with Crippen LogP contribution < -0.4 is 0 Å². The molecule has 0 radical (unpaired) electrons. The number of fused-ring (bicyclic) bond motifs is 2. The molecule has 0 aliphatic heterocycles. The molecule has 0 aromatic heterocycles. The largest absolute Gasteiger partial charge is 0.507 e. The molecule has 3 unspecified atom stereocenters. The van der Waals surface area contributed by atoms with Crippen molar-refractivity contribution >= 4 is 0 Å². The first kappa shape index (κ1) is 13.0. The van der Waals surface area contributed by atoms with Gasteiger partial charge >= 0.3 is 0 Å². The van der Waals surface area contributed by atoms with Crippen LogP contribution in [0.4, 0.5) is 0 Å². The zero-order chi connectivity index (χ0) is 14.0. The van der Waals surface area contributed by atoms with Gasteiger partial charge in [0.05, 0.1) is 0 Å². The second-order valence-corrected chi connectivity index (χ2v) is 7.76. The minimum atomic E-state index is 0.405. The summed E-state index contributed by atoms with van der Waals surface area (Å²) < 4.78 is 0. The molecule has 3 rings (SSSR count). The zero-order valence-electron chi connectivity index (χ0n) is 12.9. The summed E-state index contributed by atoms with van der Waals surface area (Å²) in [5.74, 6) is 1.82. The predicted molar refractivity (Wildman–Crippen MR) is 79.6 cm³/mol. The number of hydrogen-bond donors (Lipinski definition) is 1. The zero-order valence-corrected chi connectivity index (χ0v) is 12.9. The Balaban J connectivity index is 2.07. The van der Waals surface area contributed by atoms with E-state index in [-0.39, 0.29) is 0 Å². The SMILES string of the molecule is Cc1cc(C)c(O)c(C2CC3(C)CCC2C3(C)C)c1. The minimum absolute atomic E-state index is 0.405. The summed E-state index contributed by atoms with van der Waals surface area (Å²) in [4.78, 5) is 0. The molecule has 2 aliphatic carbocycles. The highest BCUT2D eigenvalue weighted by atomic mass is 16.3. The van der Waals surface area contributed by atoms with Gasteiger partial charge in [-0.05, 0) is 66.9 Å². The van der Waals surface area contributed by atoms with Crippen LogP contribution in [0, 0.1) is 30.6 Å². The molecular formula is C18H26O. The van der Waals surface area contributed by atoms with Gasteiger partial charge in [0.15, 0.2) is 0 Å². The van der Waals surface area contributed by atoms with Gasteiger partial charge in [-0.2, -0.15) is 0 Å². The number of benzene rings is 1. The monoisotopic (exact) mass is 258 g/mol. The molecule has 0 heterocycles. The van der Waals surface area contributed by atoms with Crippen molar-refractivity contribution in [2.24, 2.45) is 16.7 Å². The van der Waals surface area contributed by atoms with Crippen LogP contribution in [0.5, 0.6) is 5.75 Å². The Morgan fingerprint density at radius 2 is 1.84 bits per heavy atom. The fraction of sp³-hybridized carbons (Fsp3) is 0.667. The summed E-state index contributed by atoms with van der Waals surface area (Å²) in [5, 5.41) is 10.5. The molecule has 19 heavy (non-hydrogen) atoms. The lowest BCUT2D eigenvalue weighted by atomic mass is 9.71. The summed E-state index contributed by atoms with van der Waals surface area (Å²) in [6.07, 6.45) is 3.91. The standard InChI is InChI=1S/C18H26O/c1-11-8-12(2)16(19)13(9-11)14-10-18(5)7-6-15(14)17(18,3)4/h8-9,14-15,19H,6-7,10H2,1-5H3. The summed E-state index contributed by atoms with van der Waals surface area (Å²) in [7, 11) is 0. The van der Waals surface area contributed by atoms with Crippen LogP contribution in [0.1, 0.15) is 62.6 Å². The van der Waals surface area contributed by atoms with Crippen molar-refractivity contribution in [3.05, 3.63) is 28.8 Å². The van der Waals surface area contributed by atoms with Gasteiger partial charge < -0.3 is 5.11 Å². The van der Waals surface area contributed by atoms with Crippen LogP contribution in [0.25, 0.3) is 0 Å². The second kappa shape index (κ2) is 3.77. The molecular weight excluding hydrogens is 232 g/mol. The van der Waals surface area contributed by atoms with Gasteiger partial charge in [-0.15, -0.1) is 0 Å². The van der Waals surface area contributed by atoms with Crippen molar-refractivity contribution in [1.29, 1.82) is 0 Å². The lowest BCUT2D eigenvalue weighted by molar-refractivity contribution is 0.152. The average molecular weight is 258 g/mol. The fourth-order valence-electron chi connectivity index (χ4n) is 4.90. The summed E-state index contributed by atoms with van der Waals surface area (Å²) in [5.41, 5.74) is 4.37. The summed E-state index contributed by atoms with van der Waals surface area (Å²) >= 11 is 0. The first-order chi connectivity index (χ1) is 8.76. The molecule has 104 valence electrons. The van der Waals surface area contributed by atoms with E-state index in [1.807, 2.05) is 6.92 Å². The third-order valence-electron chi connectivity index (χ3n) is 6.52. The van der Waals surface area contributed by atoms with Crippen LogP contribution in [0.2, 0.25) is 0 Å². The second-order valence-electron chi connectivity index (χ2n) is 7.76. The lowest BCUT2D eigenvalue weighted by Gasteiger charge is -2.34. The highest BCUT2D eigenvalue weighted by molar-refractivity contribution is 5.46. The lowest BCUT2D eigenvalue weighted by Crippen LogP contribution is -2.26. The van der Waals surface area contributed by atoms with Gasteiger partial charge in [0, 0.05) is 0 Å². The molecule has 1 heteroatoms. The third-order valence-corrected chi connectivity index (χ3v) is 6.52. The van der Waals surface area contributed by atoms with Crippen molar-refractivity contribution in [3.63, 3.8) is 0 Å². The van der Waals surface area contributed by atoms with E-state index in [9.17, 15) is 5.11 Å². The quantitative estimate of drug-likeness (QED) is 0.756. The Labute approximate surface area is 117 Å². The summed E-state index contributed by atoms with van der Waals surface area (Å²) in [6, 6.07) is 4.30. The first-order valence-electron chi connectivity index (χ1n) is 7.56. The van der Waals surface area contributed by atoms with E-state index in [2.05, 4.69) is 39.8 Å². The number of phenols is 1. The molecule has 2 aliphatic rings. The molecule has 2 bridgehead atoms.